The van der Waals surface area contributed by atoms with Crippen LogP contribution in [0.15, 0.2) is 16.7 Å². The smallest absolute Gasteiger partial charge is 0.326 e. The Hall–Kier alpha value is -1.98. The predicted octanol–water partition coefficient (Wildman–Crippen LogP) is 2.37. The van der Waals surface area contributed by atoms with Gasteiger partial charge in [0.25, 0.3) is 0 Å². The Morgan fingerprint density at radius 3 is 2.70 bits per heavy atom. The lowest BCUT2D eigenvalue weighted by Crippen LogP contribution is -2.46. The Balaban J connectivity index is 2.55. The average Bonchev–Trinajstić information content (AvgIpc) is 2.79. The van der Waals surface area contributed by atoms with Crippen LogP contribution in [0.1, 0.15) is 37.5 Å². The number of rotatable bonds is 7. The number of hydrogen-bond donors (Lipinski definition) is 2. The summed E-state index contributed by atoms with van der Waals surface area (Å²) in [6, 6.07) is 0.565. The number of carboxylic acids is 1. The number of urea groups is 1. The highest BCUT2D eigenvalue weighted by Gasteiger charge is 2.21. The van der Waals surface area contributed by atoms with Gasteiger partial charge in [-0.1, -0.05) is 19.8 Å². The van der Waals surface area contributed by atoms with Crippen molar-refractivity contribution in [1.29, 1.82) is 0 Å². The average molecular weight is 282 g/mol. The first-order valence-electron chi connectivity index (χ1n) is 6.73. The minimum atomic E-state index is -1.00. The minimum absolute atomic E-state index is 0.383. The van der Waals surface area contributed by atoms with Gasteiger partial charge in [-0.2, -0.15) is 0 Å². The lowest BCUT2D eigenvalue weighted by molar-refractivity contribution is -0.139. The number of nitrogens with one attached hydrogen (secondary N) is 1. The molecule has 2 amide bonds. The first kappa shape index (κ1) is 16.1. The van der Waals surface area contributed by atoms with Crippen LogP contribution in [0.2, 0.25) is 0 Å². The second-order valence-corrected chi connectivity index (χ2v) is 4.84. The normalized spacial score (nSPS) is 11.9. The lowest BCUT2D eigenvalue weighted by Gasteiger charge is -2.21. The Morgan fingerprint density at radius 1 is 1.50 bits per heavy atom. The molecule has 0 fully saturated rings. The number of amides is 2. The maximum absolute atomic E-state index is 12.0. The van der Waals surface area contributed by atoms with Gasteiger partial charge in [-0.05, 0) is 19.4 Å². The minimum Gasteiger partial charge on any atom is -0.480 e. The Kier molecular flexibility index (Phi) is 6.09. The van der Waals surface area contributed by atoms with Gasteiger partial charge in [0.2, 0.25) is 0 Å². The van der Waals surface area contributed by atoms with Crippen LogP contribution in [0, 0.1) is 6.92 Å². The Bertz CT molecular complexity index is 456. The van der Waals surface area contributed by atoms with Gasteiger partial charge in [-0.25, -0.2) is 9.59 Å². The molecule has 2 N–H and O–H groups in total. The summed E-state index contributed by atoms with van der Waals surface area (Å²) in [6.45, 7) is 4.19. The van der Waals surface area contributed by atoms with Crippen molar-refractivity contribution >= 4 is 12.0 Å². The summed E-state index contributed by atoms with van der Waals surface area (Å²) >= 11 is 0. The van der Waals surface area contributed by atoms with E-state index in [-0.39, 0.29) is 0 Å². The summed E-state index contributed by atoms with van der Waals surface area (Å²) in [4.78, 5) is 24.5. The SMILES string of the molecule is CCCC[C@H](NC(=O)N(C)Cc1ccoc1C)C(=O)O. The van der Waals surface area contributed by atoms with Crippen molar-refractivity contribution in [2.24, 2.45) is 0 Å². The van der Waals surface area contributed by atoms with Crippen molar-refractivity contribution in [3.8, 4) is 0 Å². The van der Waals surface area contributed by atoms with Crippen molar-refractivity contribution in [2.45, 2.75) is 45.7 Å². The summed E-state index contributed by atoms with van der Waals surface area (Å²) in [5.74, 6) is -0.245. The molecule has 0 saturated heterocycles. The van der Waals surface area contributed by atoms with Gasteiger partial charge < -0.3 is 19.7 Å². The number of carbonyl (C=O) groups is 2. The Morgan fingerprint density at radius 2 is 2.20 bits per heavy atom. The van der Waals surface area contributed by atoms with E-state index < -0.39 is 18.0 Å². The van der Waals surface area contributed by atoms with E-state index in [0.29, 0.717) is 13.0 Å². The third-order valence-corrected chi connectivity index (χ3v) is 3.16. The molecule has 0 unspecified atom stereocenters. The van der Waals surface area contributed by atoms with Gasteiger partial charge in [0.05, 0.1) is 12.8 Å². The molecule has 1 aromatic rings. The zero-order valence-corrected chi connectivity index (χ0v) is 12.2. The molecule has 1 atom stereocenters. The fraction of sp³-hybridized carbons (Fsp3) is 0.571. The molecular weight excluding hydrogens is 260 g/mol. The van der Waals surface area contributed by atoms with Crippen molar-refractivity contribution in [1.82, 2.24) is 10.2 Å². The summed E-state index contributed by atoms with van der Waals surface area (Å²) in [5, 5.41) is 11.6. The van der Waals surface area contributed by atoms with E-state index in [4.69, 9.17) is 9.52 Å². The number of carboxylic acid groups (broad SMARTS) is 1. The van der Waals surface area contributed by atoms with Gasteiger partial charge in [0.15, 0.2) is 0 Å². The molecule has 0 aliphatic carbocycles. The number of furan rings is 1. The zero-order chi connectivity index (χ0) is 15.1. The summed E-state index contributed by atoms with van der Waals surface area (Å²) < 4.78 is 5.17. The van der Waals surface area contributed by atoms with Crippen LogP contribution in [0.25, 0.3) is 0 Å². The highest BCUT2D eigenvalue weighted by atomic mass is 16.4. The summed E-state index contributed by atoms with van der Waals surface area (Å²) in [7, 11) is 1.63. The van der Waals surface area contributed by atoms with Crippen LogP contribution >= 0.6 is 0 Å². The summed E-state index contributed by atoms with van der Waals surface area (Å²) in [5.41, 5.74) is 0.906. The van der Waals surface area contributed by atoms with Crippen LogP contribution in [-0.4, -0.2) is 35.1 Å². The molecular formula is C14H22N2O4. The van der Waals surface area contributed by atoms with E-state index in [1.807, 2.05) is 13.8 Å². The van der Waals surface area contributed by atoms with E-state index in [0.717, 1.165) is 24.2 Å². The molecule has 0 spiro atoms. The Labute approximate surface area is 118 Å². The van der Waals surface area contributed by atoms with Crippen molar-refractivity contribution in [2.75, 3.05) is 7.05 Å². The number of nitrogens with zero attached hydrogens (tertiary/aromatic N) is 1. The zero-order valence-electron chi connectivity index (χ0n) is 12.2. The maximum atomic E-state index is 12.0. The number of aliphatic carboxylic acids is 1. The van der Waals surface area contributed by atoms with Crippen molar-refractivity contribution < 1.29 is 19.1 Å². The molecule has 112 valence electrons. The number of aryl methyl sites for hydroxylation is 1. The fourth-order valence-corrected chi connectivity index (χ4v) is 1.83. The second kappa shape index (κ2) is 7.57. The van der Waals surface area contributed by atoms with Crippen molar-refractivity contribution in [3.05, 3.63) is 23.7 Å². The van der Waals surface area contributed by atoms with Crippen LogP contribution in [0.4, 0.5) is 4.79 Å². The lowest BCUT2D eigenvalue weighted by atomic mass is 10.1. The van der Waals surface area contributed by atoms with Crippen LogP contribution < -0.4 is 5.32 Å². The molecule has 0 aliphatic rings. The van der Waals surface area contributed by atoms with E-state index in [1.165, 1.54) is 4.90 Å². The standard InChI is InChI=1S/C14H22N2O4/c1-4-5-6-12(13(17)18)15-14(19)16(3)9-11-7-8-20-10(11)2/h7-8,12H,4-6,9H2,1-3H3,(H,15,19)(H,17,18)/t12-/m0/s1. The first-order valence-corrected chi connectivity index (χ1v) is 6.73. The molecule has 20 heavy (non-hydrogen) atoms. The van der Waals surface area contributed by atoms with E-state index in [9.17, 15) is 9.59 Å². The van der Waals surface area contributed by atoms with Gasteiger partial charge in [0, 0.05) is 12.6 Å². The van der Waals surface area contributed by atoms with Gasteiger partial charge >= 0.3 is 12.0 Å². The highest BCUT2D eigenvalue weighted by molar-refractivity contribution is 5.82. The third kappa shape index (κ3) is 4.60. The molecule has 0 bridgehead atoms. The van der Waals surface area contributed by atoms with Crippen LogP contribution in [-0.2, 0) is 11.3 Å². The topological polar surface area (TPSA) is 82.8 Å². The molecule has 6 nitrogen and oxygen atoms in total. The maximum Gasteiger partial charge on any atom is 0.326 e. The van der Waals surface area contributed by atoms with Crippen molar-refractivity contribution in [3.63, 3.8) is 0 Å². The van der Waals surface area contributed by atoms with Gasteiger partial charge in [0.1, 0.15) is 11.8 Å². The molecule has 0 aromatic carbocycles. The largest absolute Gasteiger partial charge is 0.480 e. The monoisotopic (exact) mass is 282 g/mol. The van der Waals surface area contributed by atoms with Crippen LogP contribution in [0.5, 0.6) is 0 Å². The van der Waals surface area contributed by atoms with E-state index in [2.05, 4.69) is 5.32 Å². The van der Waals surface area contributed by atoms with E-state index in [1.54, 1.807) is 19.4 Å². The number of unbranched alkanes of at least 4 members (excludes halogenated alkanes) is 1. The fourth-order valence-electron chi connectivity index (χ4n) is 1.83. The second-order valence-electron chi connectivity index (χ2n) is 4.84. The molecule has 1 aromatic heterocycles. The third-order valence-electron chi connectivity index (χ3n) is 3.16. The number of carbonyl (C=O) groups excluding carboxylic acids is 1. The molecule has 1 heterocycles. The van der Waals surface area contributed by atoms with Crippen LogP contribution in [0.3, 0.4) is 0 Å². The first-order chi connectivity index (χ1) is 9.45. The predicted molar refractivity (Wildman–Crippen MR) is 74.4 cm³/mol. The number of hydrogen-bond acceptors (Lipinski definition) is 3. The van der Waals surface area contributed by atoms with E-state index >= 15 is 0 Å². The van der Waals surface area contributed by atoms with Gasteiger partial charge in [-0.15, -0.1) is 0 Å². The molecule has 0 radical (unpaired) electrons. The molecule has 0 saturated carbocycles. The molecule has 6 heteroatoms. The quantitative estimate of drug-likeness (QED) is 0.804. The highest BCUT2D eigenvalue weighted by Crippen LogP contribution is 2.11. The summed E-state index contributed by atoms with van der Waals surface area (Å²) in [6.07, 6.45) is 3.67. The molecule has 0 aliphatic heterocycles. The molecule has 1 rings (SSSR count). The van der Waals surface area contributed by atoms with Gasteiger partial charge in [-0.3, -0.25) is 0 Å².